The molecule has 0 atom stereocenters. The van der Waals surface area contributed by atoms with Gasteiger partial charge in [-0.2, -0.15) is 0 Å². The van der Waals surface area contributed by atoms with E-state index in [0.717, 1.165) is 5.56 Å². The Balaban J connectivity index is 1.77. The van der Waals surface area contributed by atoms with Crippen molar-refractivity contribution in [2.45, 2.75) is 6.54 Å². The summed E-state index contributed by atoms with van der Waals surface area (Å²) in [5.74, 6) is 1.12. The van der Waals surface area contributed by atoms with E-state index in [1.165, 1.54) is 0 Å². The van der Waals surface area contributed by atoms with Crippen LogP contribution in [0.1, 0.15) is 5.56 Å². The molecule has 0 aliphatic heterocycles. The molecule has 0 aliphatic rings. The van der Waals surface area contributed by atoms with Crippen molar-refractivity contribution < 1.29 is 14.3 Å². The van der Waals surface area contributed by atoms with Gasteiger partial charge in [0.2, 0.25) is 0 Å². The molecule has 1 N–H and O–H groups in total. The van der Waals surface area contributed by atoms with Crippen molar-refractivity contribution >= 4 is 5.91 Å². The van der Waals surface area contributed by atoms with Gasteiger partial charge in [0.15, 0.2) is 6.61 Å². The molecule has 0 bridgehead atoms. The number of nitrogens with zero attached hydrogens (tertiary/aromatic N) is 1. The number of hydrogen-bond acceptors (Lipinski definition) is 4. The number of amides is 1. The number of nitrogens with one attached hydrogen (secondary N) is 1. The lowest BCUT2D eigenvalue weighted by Gasteiger charge is -2.08. The average molecular weight is 272 g/mol. The molecule has 20 heavy (non-hydrogen) atoms. The van der Waals surface area contributed by atoms with Crippen LogP contribution in [0.15, 0.2) is 48.8 Å². The van der Waals surface area contributed by atoms with Crippen LogP contribution in [0, 0.1) is 0 Å². The van der Waals surface area contributed by atoms with Gasteiger partial charge in [0.25, 0.3) is 5.91 Å². The molecule has 2 rings (SSSR count). The summed E-state index contributed by atoms with van der Waals surface area (Å²) in [7, 11) is 1.58. The largest absolute Gasteiger partial charge is 0.497 e. The van der Waals surface area contributed by atoms with Gasteiger partial charge in [-0.25, -0.2) is 0 Å². The molecule has 0 saturated heterocycles. The SMILES string of the molecule is COc1cccc(OCC(=O)NCc2ccncc2)c1. The fourth-order valence-electron chi connectivity index (χ4n) is 1.59. The maximum absolute atomic E-state index is 11.7. The molecule has 5 heteroatoms. The molecule has 0 spiro atoms. The van der Waals surface area contributed by atoms with Crippen LogP contribution in [-0.2, 0) is 11.3 Å². The number of carbonyl (C=O) groups excluding carboxylic acids is 1. The summed E-state index contributed by atoms with van der Waals surface area (Å²) >= 11 is 0. The Bertz CT molecular complexity index is 558. The second-order valence-electron chi connectivity index (χ2n) is 4.10. The van der Waals surface area contributed by atoms with E-state index < -0.39 is 0 Å². The summed E-state index contributed by atoms with van der Waals surface area (Å²) in [5.41, 5.74) is 0.995. The maximum Gasteiger partial charge on any atom is 0.258 e. The molecular weight excluding hydrogens is 256 g/mol. The second-order valence-corrected chi connectivity index (χ2v) is 4.10. The summed E-state index contributed by atoms with van der Waals surface area (Å²) in [6.45, 7) is 0.432. The van der Waals surface area contributed by atoms with E-state index in [2.05, 4.69) is 10.3 Å². The zero-order chi connectivity index (χ0) is 14.2. The van der Waals surface area contributed by atoms with E-state index in [0.29, 0.717) is 18.0 Å². The highest BCUT2D eigenvalue weighted by atomic mass is 16.5. The van der Waals surface area contributed by atoms with Crippen molar-refractivity contribution in [2.75, 3.05) is 13.7 Å². The first kappa shape index (κ1) is 13.9. The van der Waals surface area contributed by atoms with Gasteiger partial charge in [-0.15, -0.1) is 0 Å². The van der Waals surface area contributed by atoms with Crippen LogP contribution in [0.3, 0.4) is 0 Å². The van der Waals surface area contributed by atoms with Crippen LogP contribution in [-0.4, -0.2) is 24.6 Å². The predicted octanol–water partition coefficient (Wildman–Crippen LogP) is 1.79. The minimum absolute atomic E-state index is 0.0295. The molecule has 1 heterocycles. The summed E-state index contributed by atoms with van der Waals surface area (Å²) in [5, 5.41) is 2.77. The topological polar surface area (TPSA) is 60.5 Å². The third-order valence-electron chi connectivity index (χ3n) is 2.65. The Morgan fingerprint density at radius 3 is 2.70 bits per heavy atom. The van der Waals surface area contributed by atoms with Crippen LogP contribution < -0.4 is 14.8 Å². The van der Waals surface area contributed by atoms with E-state index in [1.54, 1.807) is 31.6 Å². The number of rotatable bonds is 6. The maximum atomic E-state index is 11.7. The van der Waals surface area contributed by atoms with E-state index in [9.17, 15) is 4.79 Å². The van der Waals surface area contributed by atoms with Gasteiger partial charge in [-0.3, -0.25) is 9.78 Å². The van der Waals surface area contributed by atoms with E-state index >= 15 is 0 Å². The Morgan fingerprint density at radius 2 is 1.95 bits per heavy atom. The molecule has 1 aromatic heterocycles. The Kier molecular flexibility index (Phi) is 4.94. The zero-order valence-electron chi connectivity index (χ0n) is 11.2. The van der Waals surface area contributed by atoms with Crippen LogP contribution in [0.25, 0.3) is 0 Å². The Morgan fingerprint density at radius 1 is 1.20 bits per heavy atom. The smallest absolute Gasteiger partial charge is 0.258 e. The predicted molar refractivity (Wildman–Crippen MR) is 74.6 cm³/mol. The van der Waals surface area contributed by atoms with Crippen molar-refractivity contribution in [3.8, 4) is 11.5 Å². The van der Waals surface area contributed by atoms with Crippen molar-refractivity contribution in [3.05, 3.63) is 54.4 Å². The lowest BCUT2D eigenvalue weighted by Crippen LogP contribution is -2.28. The van der Waals surface area contributed by atoms with E-state index in [1.807, 2.05) is 24.3 Å². The molecule has 0 aliphatic carbocycles. The number of benzene rings is 1. The van der Waals surface area contributed by atoms with Crippen LogP contribution in [0.4, 0.5) is 0 Å². The minimum atomic E-state index is -0.176. The van der Waals surface area contributed by atoms with Gasteiger partial charge in [0.1, 0.15) is 11.5 Å². The van der Waals surface area contributed by atoms with Crippen LogP contribution in [0.5, 0.6) is 11.5 Å². The molecule has 0 saturated carbocycles. The second kappa shape index (κ2) is 7.13. The molecule has 1 aromatic carbocycles. The first-order valence-corrected chi connectivity index (χ1v) is 6.20. The quantitative estimate of drug-likeness (QED) is 0.871. The van der Waals surface area contributed by atoms with Gasteiger partial charge in [-0.1, -0.05) is 6.07 Å². The standard InChI is InChI=1S/C15H16N2O3/c1-19-13-3-2-4-14(9-13)20-11-15(18)17-10-12-5-7-16-8-6-12/h2-9H,10-11H2,1H3,(H,17,18). The number of ether oxygens (including phenoxy) is 2. The molecule has 2 aromatic rings. The average Bonchev–Trinajstić information content (AvgIpc) is 2.52. The zero-order valence-corrected chi connectivity index (χ0v) is 11.2. The normalized spacial score (nSPS) is 9.85. The lowest BCUT2D eigenvalue weighted by atomic mass is 10.3. The molecule has 0 unspecified atom stereocenters. The van der Waals surface area contributed by atoms with Gasteiger partial charge in [0.05, 0.1) is 7.11 Å². The minimum Gasteiger partial charge on any atom is -0.497 e. The highest BCUT2D eigenvalue weighted by Crippen LogP contribution is 2.18. The van der Waals surface area contributed by atoms with Gasteiger partial charge in [-0.05, 0) is 29.8 Å². The highest BCUT2D eigenvalue weighted by Gasteiger charge is 2.03. The molecule has 104 valence electrons. The first-order valence-electron chi connectivity index (χ1n) is 6.20. The summed E-state index contributed by atoms with van der Waals surface area (Å²) < 4.78 is 10.5. The number of methoxy groups -OCH3 is 1. The van der Waals surface area contributed by atoms with E-state index in [4.69, 9.17) is 9.47 Å². The number of carbonyl (C=O) groups is 1. The van der Waals surface area contributed by atoms with Crippen molar-refractivity contribution in [1.82, 2.24) is 10.3 Å². The molecule has 0 radical (unpaired) electrons. The lowest BCUT2D eigenvalue weighted by molar-refractivity contribution is -0.123. The van der Waals surface area contributed by atoms with Crippen molar-refractivity contribution in [1.29, 1.82) is 0 Å². The van der Waals surface area contributed by atoms with Crippen LogP contribution in [0.2, 0.25) is 0 Å². The summed E-state index contributed by atoms with van der Waals surface area (Å²) in [4.78, 5) is 15.6. The van der Waals surface area contributed by atoms with E-state index in [-0.39, 0.29) is 12.5 Å². The van der Waals surface area contributed by atoms with Gasteiger partial charge < -0.3 is 14.8 Å². The fraction of sp³-hybridized carbons (Fsp3) is 0.200. The molecular formula is C15H16N2O3. The van der Waals surface area contributed by atoms with Crippen molar-refractivity contribution in [3.63, 3.8) is 0 Å². The number of aromatic nitrogens is 1. The number of hydrogen-bond donors (Lipinski definition) is 1. The van der Waals surface area contributed by atoms with Gasteiger partial charge in [0, 0.05) is 25.0 Å². The summed E-state index contributed by atoms with van der Waals surface area (Å²) in [6.07, 6.45) is 3.38. The van der Waals surface area contributed by atoms with Gasteiger partial charge >= 0.3 is 0 Å². The molecule has 0 fully saturated rings. The monoisotopic (exact) mass is 272 g/mol. The first-order chi connectivity index (χ1) is 9.78. The third kappa shape index (κ3) is 4.28. The Labute approximate surface area is 117 Å². The highest BCUT2D eigenvalue weighted by molar-refractivity contribution is 5.77. The fourth-order valence-corrected chi connectivity index (χ4v) is 1.59. The van der Waals surface area contributed by atoms with Crippen LogP contribution >= 0.6 is 0 Å². The Hall–Kier alpha value is -2.56. The number of pyridine rings is 1. The third-order valence-corrected chi connectivity index (χ3v) is 2.65. The molecule has 5 nitrogen and oxygen atoms in total. The summed E-state index contributed by atoms with van der Waals surface area (Å²) in [6, 6.07) is 10.8. The molecule has 1 amide bonds. The van der Waals surface area contributed by atoms with Crippen molar-refractivity contribution in [2.24, 2.45) is 0 Å².